The van der Waals surface area contributed by atoms with Gasteiger partial charge in [0.25, 0.3) is 5.91 Å². The summed E-state index contributed by atoms with van der Waals surface area (Å²) in [6, 6.07) is 0.971. The summed E-state index contributed by atoms with van der Waals surface area (Å²) in [5, 5.41) is 13.5. The third kappa shape index (κ3) is 2.54. The van der Waals surface area contributed by atoms with Crippen molar-refractivity contribution in [1.29, 1.82) is 0 Å². The second-order valence-electron chi connectivity index (χ2n) is 4.75. The summed E-state index contributed by atoms with van der Waals surface area (Å²) >= 11 is 1.52. The quantitative estimate of drug-likeness (QED) is 0.913. The average Bonchev–Trinajstić information content (AvgIpc) is 3.00. The first kappa shape index (κ1) is 14.9. The van der Waals surface area contributed by atoms with Gasteiger partial charge in [-0.3, -0.25) is 9.48 Å². The largest absolute Gasteiger partial charge is 0.480 e. The first-order valence-corrected chi connectivity index (χ1v) is 7.76. The van der Waals surface area contributed by atoms with E-state index in [2.05, 4.69) is 5.10 Å². The predicted octanol–water partition coefficient (Wildman–Crippen LogP) is 1.59. The van der Waals surface area contributed by atoms with Gasteiger partial charge in [-0.05, 0) is 26.3 Å². The molecule has 0 radical (unpaired) electrons. The Morgan fingerprint density at radius 2 is 2.20 bits per heavy atom. The van der Waals surface area contributed by atoms with Gasteiger partial charge in [0.05, 0.1) is 11.1 Å². The molecule has 20 heavy (non-hydrogen) atoms. The second kappa shape index (κ2) is 5.87. The number of aryl methyl sites for hydroxylation is 2. The van der Waals surface area contributed by atoms with E-state index >= 15 is 0 Å². The number of carboxylic acids is 1. The zero-order valence-electron chi connectivity index (χ0n) is 11.9. The van der Waals surface area contributed by atoms with Gasteiger partial charge >= 0.3 is 5.97 Å². The van der Waals surface area contributed by atoms with Gasteiger partial charge in [-0.1, -0.05) is 6.92 Å². The first-order chi connectivity index (χ1) is 9.49. The third-order valence-electron chi connectivity index (χ3n) is 3.38. The number of aliphatic carboxylic acids is 1. The molecular weight excluding hydrogens is 278 g/mol. The maximum atomic E-state index is 12.7. The minimum absolute atomic E-state index is 0.0795. The molecule has 2 heterocycles. The molecule has 7 heteroatoms. The van der Waals surface area contributed by atoms with Gasteiger partial charge in [0.2, 0.25) is 0 Å². The van der Waals surface area contributed by atoms with Gasteiger partial charge < -0.3 is 10.0 Å². The molecule has 0 saturated carbocycles. The Morgan fingerprint density at radius 1 is 1.50 bits per heavy atom. The number of rotatable bonds is 4. The molecule has 1 aromatic rings. The highest BCUT2D eigenvalue weighted by Crippen LogP contribution is 2.32. The van der Waals surface area contributed by atoms with E-state index in [9.17, 15) is 14.7 Å². The Hall–Kier alpha value is -1.50. The predicted molar refractivity (Wildman–Crippen MR) is 76.8 cm³/mol. The molecule has 110 valence electrons. The standard InChI is InChI=1S/C13H19N3O3S/c1-4-11-16(10(7-20-11)13(18)19)12(17)9-6-8(3)14-15(9)5-2/h6,10-11H,4-5,7H2,1-3H3,(H,18,19). The minimum atomic E-state index is -0.943. The number of aromatic nitrogens is 2. The van der Waals surface area contributed by atoms with Gasteiger partial charge in [-0.2, -0.15) is 5.10 Å². The fourth-order valence-electron chi connectivity index (χ4n) is 2.43. The summed E-state index contributed by atoms with van der Waals surface area (Å²) in [5.74, 6) is -0.739. The third-order valence-corrected chi connectivity index (χ3v) is 4.84. The van der Waals surface area contributed by atoms with Crippen molar-refractivity contribution >= 4 is 23.6 Å². The van der Waals surface area contributed by atoms with Crippen molar-refractivity contribution in [3.63, 3.8) is 0 Å². The van der Waals surface area contributed by atoms with E-state index < -0.39 is 12.0 Å². The van der Waals surface area contributed by atoms with Crippen LogP contribution in [0.25, 0.3) is 0 Å². The van der Waals surface area contributed by atoms with Crippen molar-refractivity contribution in [2.24, 2.45) is 0 Å². The van der Waals surface area contributed by atoms with Gasteiger partial charge in [0.15, 0.2) is 0 Å². The lowest BCUT2D eigenvalue weighted by molar-refractivity contribution is -0.141. The molecule has 1 aliphatic heterocycles. The maximum absolute atomic E-state index is 12.7. The van der Waals surface area contributed by atoms with Crippen molar-refractivity contribution in [1.82, 2.24) is 14.7 Å². The molecule has 1 N–H and O–H groups in total. The minimum Gasteiger partial charge on any atom is -0.480 e. The number of hydrogen-bond acceptors (Lipinski definition) is 4. The van der Waals surface area contributed by atoms with Crippen LogP contribution < -0.4 is 0 Å². The number of amides is 1. The van der Waals surface area contributed by atoms with Crippen LogP contribution in [0.15, 0.2) is 6.07 Å². The molecule has 0 bridgehead atoms. The molecular formula is C13H19N3O3S. The smallest absolute Gasteiger partial charge is 0.327 e. The van der Waals surface area contributed by atoms with Crippen LogP contribution in [0.5, 0.6) is 0 Å². The Bertz CT molecular complexity index is 529. The molecule has 2 atom stereocenters. The fraction of sp³-hybridized carbons (Fsp3) is 0.615. The van der Waals surface area contributed by atoms with E-state index in [0.717, 1.165) is 12.1 Å². The van der Waals surface area contributed by atoms with E-state index in [0.29, 0.717) is 18.0 Å². The topological polar surface area (TPSA) is 75.4 Å². The number of nitrogens with zero attached hydrogens (tertiary/aromatic N) is 3. The normalized spacial score (nSPS) is 22.2. The van der Waals surface area contributed by atoms with Gasteiger partial charge in [-0.25, -0.2) is 4.79 Å². The van der Waals surface area contributed by atoms with Crippen LogP contribution in [0.2, 0.25) is 0 Å². The van der Waals surface area contributed by atoms with Crippen molar-refractivity contribution in [2.45, 2.75) is 45.2 Å². The van der Waals surface area contributed by atoms with Crippen LogP contribution in [0, 0.1) is 6.92 Å². The molecule has 0 aromatic carbocycles. The number of carbonyl (C=O) groups excluding carboxylic acids is 1. The summed E-state index contributed by atoms with van der Waals surface area (Å²) < 4.78 is 1.63. The molecule has 1 amide bonds. The second-order valence-corrected chi connectivity index (χ2v) is 5.96. The lowest BCUT2D eigenvalue weighted by atomic mass is 10.2. The molecule has 6 nitrogen and oxygen atoms in total. The first-order valence-electron chi connectivity index (χ1n) is 6.71. The van der Waals surface area contributed by atoms with Gasteiger partial charge in [0.1, 0.15) is 11.7 Å². The summed E-state index contributed by atoms with van der Waals surface area (Å²) in [7, 11) is 0. The van der Waals surface area contributed by atoms with Crippen LogP contribution in [0.4, 0.5) is 0 Å². The zero-order valence-corrected chi connectivity index (χ0v) is 12.7. The van der Waals surface area contributed by atoms with Crippen LogP contribution in [-0.4, -0.2) is 48.8 Å². The highest BCUT2D eigenvalue weighted by Gasteiger charge is 2.41. The fourth-order valence-corrected chi connectivity index (χ4v) is 3.78. The maximum Gasteiger partial charge on any atom is 0.327 e. The van der Waals surface area contributed by atoms with Crippen molar-refractivity contribution in [3.05, 3.63) is 17.5 Å². The molecule has 1 saturated heterocycles. The number of carbonyl (C=O) groups is 2. The van der Waals surface area contributed by atoms with E-state index in [4.69, 9.17) is 0 Å². The molecule has 2 rings (SSSR count). The molecule has 0 spiro atoms. The van der Waals surface area contributed by atoms with Crippen LogP contribution in [0.1, 0.15) is 36.5 Å². The number of hydrogen-bond donors (Lipinski definition) is 1. The van der Waals surface area contributed by atoms with E-state index in [1.54, 1.807) is 10.7 Å². The van der Waals surface area contributed by atoms with Crippen molar-refractivity contribution < 1.29 is 14.7 Å². The SMILES string of the molecule is CCC1SCC(C(=O)O)N1C(=O)c1cc(C)nn1CC. The van der Waals surface area contributed by atoms with Crippen molar-refractivity contribution in [2.75, 3.05) is 5.75 Å². The number of thioether (sulfide) groups is 1. The summed E-state index contributed by atoms with van der Waals surface area (Å²) in [6.45, 7) is 6.29. The van der Waals surface area contributed by atoms with Gasteiger partial charge in [-0.15, -0.1) is 11.8 Å². The van der Waals surface area contributed by atoms with Crippen LogP contribution in [-0.2, 0) is 11.3 Å². The molecule has 0 aliphatic carbocycles. The highest BCUT2D eigenvalue weighted by molar-refractivity contribution is 8.00. The Morgan fingerprint density at radius 3 is 2.75 bits per heavy atom. The molecule has 1 aliphatic rings. The molecule has 1 aromatic heterocycles. The van der Waals surface area contributed by atoms with E-state index in [-0.39, 0.29) is 11.3 Å². The van der Waals surface area contributed by atoms with E-state index in [1.807, 2.05) is 20.8 Å². The Kier molecular flexibility index (Phi) is 4.37. The zero-order chi connectivity index (χ0) is 14.9. The lowest BCUT2D eigenvalue weighted by Gasteiger charge is -2.26. The van der Waals surface area contributed by atoms with Crippen molar-refractivity contribution in [3.8, 4) is 0 Å². The lowest BCUT2D eigenvalue weighted by Crippen LogP contribution is -2.46. The molecule has 1 fully saturated rings. The average molecular weight is 297 g/mol. The summed E-state index contributed by atoms with van der Waals surface area (Å²) in [6.07, 6.45) is 0.736. The van der Waals surface area contributed by atoms with Crippen LogP contribution >= 0.6 is 11.8 Å². The Balaban J connectivity index is 2.35. The highest BCUT2D eigenvalue weighted by atomic mass is 32.2. The van der Waals surface area contributed by atoms with Gasteiger partial charge in [0, 0.05) is 12.3 Å². The Labute approximate surface area is 122 Å². The number of carboxylic acid groups (broad SMARTS) is 1. The monoisotopic (exact) mass is 297 g/mol. The van der Waals surface area contributed by atoms with Crippen LogP contribution in [0.3, 0.4) is 0 Å². The summed E-state index contributed by atoms with van der Waals surface area (Å²) in [5.41, 5.74) is 1.24. The summed E-state index contributed by atoms with van der Waals surface area (Å²) in [4.78, 5) is 25.5. The van der Waals surface area contributed by atoms with E-state index in [1.165, 1.54) is 16.7 Å². The molecule has 2 unspecified atom stereocenters.